The average molecular weight is 262 g/mol. The Morgan fingerprint density at radius 3 is 2.63 bits per heavy atom. The Morgan fingerprint density at radius 2 is 2.05 bits per heavy atom. The third kappa shape index (κ3) is 2.41. The molecule has 0 aliphatic rings. The first-order chi connectivity index (χ1) is 9.08. The van der Waals surface area contributed by atoms with E-state index >= 15 is 0 Å². The molecule has 2 rings (SSSR count). The van der Waals surface area contributed by atoms with Gasteiger partial charge in [-0.3, -0.25) is 4.57 Å². The fourth-order valence-electron chi connectivity index (χ4n) is 2.34. The summed E-state index contributed by atoms with van der Waals surface area (Å²) in [5.74, 6) is -0.605. The first kappa shape index (κ1) is 13.4. The molecular formula is C14H18N2O3. The third-order valence-electron chi connectivity index (χ3n) is 3.64. The van der Waals surface area contributed by atoms with Gasteiger partial charge in [-0.1, -0.05) is 32.8 Å². The number of fused-ring (bicyclic) bond motifs is 1. The van der Waals surface area contributed by atoms with E-state index in [-0.39, 0.29) is 11.3 Å². The van der Waals surface area contributed by atoms with E-state index in [9.17, 15) is 9.59 Å². The van der Waals surface area contributed by atoms with Crippen molar-refractivity contribution in [3.63, 3.8) is 0 Å². The van der Waals surface area contributed by atoms with Crippen LogP contribution in [-0.4, -0.2) is 20.6 Å². The highest BCUT2D eigenvalue weighted by Crippen LogP contribution is 2.18. The Labute approximate surface area is 110 Å². The summed E-state index contributed by atoms with van der Waals surface area (Å²) in [6, 6.07) is 4.95. The van der Waals surface area contributed by atoms with Crippen molar-refractivity contribution in [2.24, 2.45) is 5.92 Å². The van der Waals surface area contributed by atoms with Crippen molar-refractivity contribution < 1.29 is 9.90 Å². The topological polar surface area (TPSA) is 75.1 Å². The summed E-state index contributed by atoms with van der Waals surface area (Å²) in [7, 11) is 0. The van der Waals surface area contributed by atoms with Gasteiger partial charge >= 0.3 is 11.7 Å². The maximum atomic E-state index is 12.0. The van der Waals surface area contributed by atoms with Crippen LogP contribution in [0.1, 0.15) is 37.0 Å². The van der Waals surface area contributed by atoms with Gasteiger partial charge in [-0.25, -0.2) is 9.59 Å². The zero-order valence-corrected chi connectivity index (χ0v) is 11.1. The molecule has 5 nitrogen and oxygen atoms in total. The molecule has 0 saturated heterocycles. The number of aromatic nitrogens is 2. The number of carbonyl (C=O) groups is 1. The van der Waals surface area contributed by atoms with Gasteiger partial charge in [0.15, 0.2) is 0 Å². The lowest BCUT2D eigenvalue weighted by Gasteiger charge is -2.12. The van der Waals surface area contributed by atoms with Crippen molar-refractivity contribution in [2.75, 3.05) is 0 Å². The highest BCUT2D eigenvalue weighted by atomic mass is 16.4. The molecule has 0 unspecified atom stereocenters. The highest BCUT2D eigenvalue weighted by molar-refractivity contribution is 6.00. The van der Waals surface area contributed by atoms with Crippen LogP contribution in [0.25, 0.3) is 11.0 Å². The number of hydrogen-bond donors (Lipinski definition) is 2. The van der Waals surface area contributed by atoms with E-state index in [2.05, 4.69) is 18.8 Å². The number of rotatable bonds is 5. The van der Waals surface area contributed by atoms with Crippen LogP contribution >= 0.6 is 0 Å². The monoisotopic (exact) mass is 262 g/mol. The second-order valence-corrected chi connectivity index (χ2v) is 4.73. The van der Waals surface area contributed by atoms with E-state index in [0.717, 1.165) is 12.8 Å². The van der Waals surface area contributed by atoms with Crippen molar-refractivity contribution in [1.82, 2.24) is 9.55 Å². The molecular weight excluding hydrogens is 244 g/mol. The summed E-state index contributed by atoms with van der Waals surface area (Å²) in [5, 5.41) is 9.13. The molecule has 0 fully saturated rings. The maximum absolute atomic E-state index is 12.0. The molecule has 0 aliphatic carbocycles. The van der Waals surface area contributed by atoms with Crippen LogP contribution < -0.4 is 5.69 Å². The Morgan fingerprint density at radius 1 is 1.37 bits per heavy atom. The summed E-state index contributed by atoms with van der Waals surface area (Å²) >= 11 is 0. The van der Waals surface area contributed by atoms with Gasteiger partial charge in [-0.15, -0.1) is 0 Å². The number of nitrogens with one attached hydrogen (secondary N) is 1. The average Bonchev–Trinajstić information content (AvgIpc) is 2.71. The number of para-hydroxylation sites is 1. The van der Waals surface area contributed by atoms with Crippen molar-refractivity contribution in [3.05, 3.63) is 34.2 Å². The summed E-state index contributed by atoms with van der Waals surface area (Å²) < 4.78 is 1.64. The van der Waals surface area contributed by atoms with Crippen LogP contribution in [0.5, 0.6) is 0 Å². The molecule has 0 saturated carbocycles. The normalized spacial score (nSPS) is 11.3. The first-order valence-corrected chi connectivity index (χ1v) is 6.53. The number of benzene rings is 1. The van der Waals surface area contributed by atoms with Crippen LogP contribution in [0.3, 0.4) is 0 Å². The van der Waals surface area contributed by atoms with E-state index in [1.165, 1.54) is 6.07 Å². The molecule has 0 radical (unpaired) electrons. The van der Waals surface area contributed by atoms with Crippen LogP contribution in [0.15, 0.2) is 23.0 Å². The molecule has 2 N–H and O–H groups in total. The van der Waals surface area contributed by atoms with E-state index in [1.54, 1.807) is 16.7 Å². The van der Waals surface area contributed by atoms with Crippen molar-refractivity contribution in [2.45, 2.75) is 33.2 Å². The van der Waals surface area contributed by atoms with Gasteiger partial charge < -0.3 is 10.1 Å². The SMILES string of the molecule is CCC(CC)Cn1c(=O)[nH]c2c(C(=O)O)cccc21. The van der Waals surface area contributed by atoms with Crippen molar-refractivity contribution in [1.29, 1.82) is 0 Å². The molecule has 0 spiro atoms. The largest absolute Gasteiger partial charge is 0.478 e. The quantitative estimate of drug-likeness (QED) is 0.869. The van der Waals surface area contributed by atoms with E-state index in [0.29, 0.717) is 23.5 Å². The zero-order valence-electron chi connectivity index (χ0n) is 11.1. The summed E-state index contributed by atoms with van der Waals surface area (Å²) in [5.41, 5.74) is 0.969. The molecule has 0 bridgehead atoms. The lowest BCUT2D eigenvalue weighted by atomic mass is 10.0. The molecule has 1 aromatic carbocycles. The molecule has 2 aromatic rings. The Balaban J connectivity index is 2.57. The second-order valence-electron chi connectivity index (χ2n) is 4.73. The van der Waals surface area contributed by atoms with E-state index in [4.69, 9.17) is 5.11 Å². The van der Waals surface area contributed by atoms with Gasteiger partial charge in [0.25, 0.3) is 0 Å². The third-order valence-corrected chi connectivity index (χ3v) is 3.64. The number of carboxylic acids is 1. The number of carboxylic acid groups (broad SMARTS) is 1. The molecule has 19 heavy (non-hydrogen) atoms. The fourth-order valence-corrected chi connectivity index (χ4v) is 2.34. The standard InChI is InChI=1S/C14H18N2O3/c1-3-9(4-2)8-16-11-7-5-6-10(13(17)18)12(11)15-14(16)19/h5-7,9H,3-4,8H2,1-2H3,(H,15,19)(H,17,18). The zero-order chi connectivity index (χ0) is 14.0. The van der Waals surface area contributed by atoms with Gasteiger partial charge in [0.05, 0.1) is 16.6 Å². The van der Waals surface area contributed by atoms with Crippen LogP contribution in [0.4, 0.5) is 0 Å². The van der Waals surface area contributed by atoms with Gasteiger partial charge in [-0.2, -0.15) is 0 Å². The number of aromatic amines is 1. The summed E-state index contributed by atoms with van der Waals surface area (Å²) in [6.45, 7) is 4.81. The number of H-pyrrole nitrogens is 1. The lowest BCUT2D eigenvalue weighted by molar-refractivity contribution is 0.0699. The number of nitrogens with zero attached hydrogens (tertiary/aromatic N) is 1. The molecule has 0 aliphatic heterocycles. The molecule has 102 valence electrons. The van der Waals surface area contributed by atoms with Crippen molar-refractivity contribution >= 4 is 17.0 Å². The summed E-state index contributed by atoms with van der Waals surface area (Å²) in [6.07, 6.45) is 1.99. The van der Waals surface area contributed by atoms with Gasteiger partial charge in [0.1, 0.15) is 0 Å². The number of imidazole rings is 1. The Hall–Kier alpha value is -2.04. The van der Waals surface area contributed by atoms with Crippen LogP contribution in [0.2, 0.25) is 0 Å². The van der Waals surface area contributed by atoms with Gasteiger partial charge in [-0.05, 0) is 18.1 Å². The minimum atomic E-state index is -1.03. The minimum absolute atomic E-state index is 0.137. The van der Waals surface area contributed by atoms with Crippen molar-refractivity contribution in [3.8, 4) is 0 Å². The smallest absolute Gasteiger partial charge is 0.337 e. The second kappa shape index (κ2) is 5.30. The summed E-state index contributed by atoms with van der Waals surface area (Å²) in [4.78, 5) is 25.8. The highest BCUT2D eigenvalue weighted by Gasteiger charge is 2.15. The molecule has 5 heteroatoms. The van der Waals surface area contributed by atoms with Crippen LogP contribution in [0, 0.1) is 5.92 Å². The Bertz CT molecular complexity index is 650. The predicted octanol–water partition coefficient (Wildman–Crippen LogP) is 2.46. The van der Waals surface area contributed by atoms with E-state index in [1.807, 2.05) is 0 Å². The van der Waals surface area contributed by atoms with Gasteiger partial charge in [0.2, 0.25) is 0 Å². The van der Waals surface area contributed by atoms with Crippen LogP contribution in [-0.2, 0) is 6.54 Å². The van der Waals surface area contributed by atoms with Gasteiger partial charge in [0, 0.05) is 6.54 Å². The minimum Gasteiger partial charge on any atom is -0.478 e. The first-order valence-electron chi connectivity index (χ1n) is 6.53. The Kier molecular flexibility index (Phi) is 3.74. The molecule has 0 amide bonds. The number of hydrogen-bond acceptors (Lipinski definition) is 2. The fraction of sp³-hybridized carbons (Fsp3) is 0.429. The van der Waals surface area contributed by atoms with E-state index < -0.39 is 5.97 Å². The molecule has 1 aromatic heterocycles. The molecule has 0 atom stereocenters. The molecule has 1 heterocycles. The maximum Gasteiger partial charge on any atom is 0.337 e. The predicted molar refractivity (Wildman–Crippen MR) is 73.6 cm³/mol. The number of aromatic carboxylic acids is 1. The lowest BCUT2D eigenvalue weighted by Crippen LogP contribution is -2.21.